The predicted octanol–water partition coefficient (Wildman–Crippen LogP) is 3.24. The van der Waals surface area contributed by atoms with E-state index in [0.717, 1.165) is 5.56 Å². The van der Waals surface area contributed by atoms with Gasteiger partial charge in [-0.25, -0.2) is 4.98 Å². The summed E-state index contributed by atoms with van der Waals surface area (Å²) in [7, 11) is 0. The first-order valence-electron chi connectivity index (χ1n) is 5.84. The van der Waals surface area contributed by atoms with E-state index in [0.29, 0.717) is 5.82 Å². The summed E-state index contributed by atoms with van der Waals surface area (Å²) in [5, 5.41) is 2.54. The third-order valence-corrected chi connectivity index (χ3v) is 2.50. The molecule has 1 heterocycles. The van der Waals surface area contributed by atoms with E-state index in [9.17, 15) is 13.6 Å². The topological polar surface area (TPSA) is 51.2 Å². The number of benzene rings is 1. The van der Waals surface area contributed by atoms with Crippen molar-refractivity contribution in [2.45, 2.75) is 13.5 Å². The van der Waals surface area contributed by atoms with Crippen LogP contribution >= 0.6 is 0 Å². The molecule has 2 aromatic rings. The molecular formula is C14H12F2N2O2. The molecule has 1 aromatic heterocycles. The number of hydrogen-bond acceptors (Lipinski definition) is 3. The molecule has 104 valence electrons. The highest BCUT2D eigenvalue weighted by atomic mass is 19.3. The number of aryl methyl sites for hydroxylation is 1. The second-order valence-electron chi connectivity index (χ2n) is 4.05. The van der Waals surface area contributed by atoms with Crippen molar-refractivity contribution in [1.82, 2.24) is 4.98 Å². The van der Waals surface area contributed by atoms with Gasteiger partial charge in [-0.15, -0.1) is 0 Å². The number of amides is 1. The lowest BCUT2D eigenvalue weighted by Gasteiger charge is -2.10. The maximum absolute atomic E-state index is 12.3. The number of ether oxygens (including phenoxy) is 1. The van der Waals surface area contributed by atoms with Gasteiger partial charge in [0.15, 0.2) is 0 Å². The van der Waals surface area contributed by atoms with Crippen molar-refractivity contribution in [3.05, 3.63) is 53.7 Å². The maximum Gasteiger partial charge on any atom is 0.387 e. The van der Waals surface area contributed by atoms with Crippen LogP contribution in [0.2, 0.25) is 0 Å². The molecule has 4 nitrogen and oxygen atoms in total. The Morgan fingerprint density at radius 1 is 1.30 bits per heavy atom. The van der Waals surface area contributed by atoms with Crippen LogP contribution < -0.4 is 10.1 Å². The van der Waals surface area contributed by atoms with Crippen LogP contribution in [0.15, 0.2) is 42.6 Å². The highest BCUT2D eigenvalue weighted by Gasteiger charge is 2.15. The van der Waals surface area contributed by atoms with E-state index >= 15 is 0 Å². The molecule has 0 bridgehead atoms. The second kappa shape index (κ2) is 6.10. The van der Waals surface area contributed by atoms with Gasteiger partial charge < -0.3 is 10.1 Å². The molecule has 6 heteroatoms. The number of halogens is 2. The number of hydrogen-bond donors (Lipinski definition) is 1. The molecule has 20 heavy (non-hydrogen) atoms. The molecule has 1 aromatic carbocycles. The van der Waals surface area contributed by atoms with Crippen molar-refractivity contribution < 1.29 is 18.3 Å². The van der Waals surface area contributed by atoms with Gasteiger partial charge in [0.05, 0.1) is 5.56 Å². The molecule has 0 saturated heterocycles. The first-order chi connectivity index (χ1) is 9.56. The standard InChI is InChI=1S/C14H12F2N2O2/c1-9-6-7-17-12(8-9)18-13(19)10-4-2-3-5-11(10)20-14(15)16/h2-8,14H,1H3,(H,17,18,19). The molecule has 0 aliphatic carbocycles. The first-order valence-corrected chi connectivity index (χ1v) is 5.84. The summed E-state index contributed by atoms with van der Waals surface area (Å²) >= 11 is 0. The quantitative estimate of drug-likeness (QED) is 0.934. The number of nitrogens with zero attached hydrogens (tertiary/aromatic N) is 1. The molecule has 0 radical (unpaired) electrons. The Morgan fingerprint density at radius 2 is 2.05 bits per heavy atom. The Bertz CT molecular complexity index is 618. The fourth-order valence-corrected chi connectivity index (χ4v) is 1.64. The van der Waals surface area contributed by atoms with Gasteiger partial charge >= 0.3 is 6.61 Å². The fraction of sp³-hybridized carbons (Fsp3) is 0.143. The predicted molar refractivity (Wildman–Crippen MR) is 70.0 cm³/mol. The molecular weight excluding hydrogens is 266 g/mol. The number of pyridine rings is 1. The van der Waals surface area contributed by atoms with E-state index < -0.39 is 12.5 Å². The minimum atomic E-state index is -2.99. The van der Waals surface area contributed by atoms with Gasteiger partial charge in [-0.05, 0) is 36.8 Å². The van der Waals surface area contributed by atoms with E-state index in [1.165, 1.54) is 18.2 Å². The number of para-hydroxylation sites is 1. The molecule has 2 rings (SSSR count). The fourth-order valence-electron chi connectivity index (χ4n) is 1.64. The van der Waals surface area contributed by atoms with E-state index in [-0.39, 0.29) is 11.3 Å². The molecule has 0 saturated carbocycles. The highest BCUT2D eigenvalue weighted by molar-refractivity contribution is 6.05. The number of rotatable bonds is 4. The van der Waals surface area contributed by atoms with Gasteiger partial charge in [0.2, 0.25) is 0 Å². The third-order valence-electron chi connectivity index (χ3n) is 2.50. The van der Waals surface area contributed by atoms with Gasteiger partial charge in [0, 0.05) is 6.20 Å². The molecule has 1 N–H and O–H groups in total. The van der Waals surface area contributed by atoms with Crippen LogP contribution in [0.4, 0.5) is 14.6 Å². The Labute approximate surface area is 114 Å². The number of anilines is 1. The average molecular weight is 278 g/mol. The molecule has 0 aliphatic rings. The van der Waals surface area contributed by atoms with E-state index in [1.54, 1.807) is 24.4 Å². The minimum absolute atomic E-state index is 0.0242. The lowest BCUT2D eigenvalue weighted by Crippen LogP contribution is -2.15. The van der Waals surface area contributed by atoms with Crippen molar-refractivity contribution in [2.24, 2.45) is 0 Å². The van der Waals surface area contributed by atoms with E-state index in [4.69, 9.17) is 0 Å². The maximum atomic E-state index is 12.3. The van der Waals surface area contributed by atoms with E-state index in [2.05, 4.69) is 15.0 Å². The van der Waals surface area contributed by atoms with Gasteiger partial charge in [0.1, 0.15) is 11.6 Å². The summed E-state index contributed by atoms with van der Waals surface area (Å²) in [4.78, 5) is 16.0. The Balaban J connectivity index is 2.21. The molecule has 0 fully saturated rings. The summed E-state index contributed by atoms with van der Waals surface area (Å²) < 4.78 is 28.9. The number of nitrogens with one attached hydrogen (secondary N) is 1. The Kier molecular flexibility index (Phi) is 4.24. The normalized spacial score (nSPS) is 10.4. The van der Waals surface area contributed by atoms with Gasteiger partial charge in [-0.3, -0.25) is 4.79 Å². The Hall–Kier alpha value is -2.50. The van der Waals surface area contributed by atoms with Gasteiger partial charge in [-0.2, -0.15) is 8.78 Å². The van der Waals surface area contributed by atoms with Crippen LogP contribution in [0, 0.1) is 6.92 Å². The van der Waals surface area contributed by atoms with E-state index in [1.807, 2.05) is 6.92 Å². The number of carbonyl (C=O) groups excluding carboxylic acids is 1. The summed E-state index contributed by atoms with van der Waals surface area (Å²) in [6, 6.07) is 9.25. The van der Waals surface area contributed by atoms with Gasteiger partial charge in [-0.1, -0.05) is 12.1 Å². The smallest absolute Gasteiger partial charge is 0.387 e. The first kappa shape index (κ1) is 13.9. The van der Waals surface area contributed by atoms with Crippen LogP contribution in [0.25, 0.3) is 0 Å². The number of aromatic nitrogens is 1. The summed E-state index contributed by atoms with van der Waals surface area (Å²) in [6.45, 7) is -1.13. The van der Waals surface area contributed by atoms with Gasteiger partial charge in [0.25, 0.3) is 5.91 Å². The summed E-state index contributed by atoms with van der Waals surface area (Å²) in [5.41, 5.74) is 0.948. The highest BCUT2D eigenvalue weighted by Crippen LogP contribution is 2.21. The molecule has 0 spiro atoms. The zero-order valence-corrected chi connectivity index (χ0v) is 10.6. The summed E-state index contributed by atoms with van der Waals surface area (Å²) in [5.74, 6) is -0.381. The summed E-state index contributed by atoms with van der Waals surface area (Å²) in [6.07, 6.45) is 1.55. The number of alkyl halides is 2. The van der Waals surface area contributed by atoms with Crippen molar-refractivity contribution in [1.29, 1.82) is 0 Å². The van der Waals surface area contributed by atoms with Crippen molar-refractivity contribution in [3.8, 4) is 5.75 Å². The molecule has 1 amide bonds. The van der Waals surface area contributed by atoms with Crippen LogP contribution in [0.1, 0.15) is 15.9 Å². The molecule has 0 aliphatic heterocycles. The second-order valence-corrected chi connectivity index (χ2v) is 4.05. The van der Waals surface area contributed by atoms with Crippen LogP contribution in [-0.4, -0.2) is 17.5 Å². The van der Waals surface area contributed by atoms with Crippen LogP contribution in [0.5, 0.6) is 5.75 Å². The zero-order valence-electron chi connectivity index (χ0n) is 10.6. The average Bonchev–Trinajstić information content (AvgIpc) is 2.38. The largest absolute Gasteiger partial charge is 0.434 e. The monoisotopic (exact) mass is 278 g/mol. The number of carbonyl (C=O) groups is 1. The SMILES string of the molecule is Cc1ccnc(NC(=O)c2ccccc2OC(F)F)c1. The minimum Gasteiger partial charge on any atom is -0.434 e. The Morgan fingerprint density at radius 3 is 2.75 bits per heavy atom. The van der Waals surface area contributed by atoms with Crippen LogP contribution in [-0.2, 0) is 0 Å². The third kappa shape index (κ3) is 3.50. The van der Waals surface area contributed by atoms with Crippen molar-refractivity contribution in [3.63, 3.8) is 0 Å². The zero-order chi connectivity index (χ0) is 14.5. The molecule has 0 atom stereocenters. The van der Waals surface area contributed by atoms with Crippen molar-refractivity contribution >= 4 is 11.7 Å². The van der Waals surface area contributed by atoms with Crippen molar-refractivity contribution in [2.75, 3.05) is 5.32 Å². The lowest BCUT2D eigenvalue weighted by atomic mass is 10.2. The van der Waals surface area contributed by atoms with Crippen LogP contribution in [0.3, 0.4) is 0 Å². The molecule has 0 unspecified atom stereocenters. The lowest BCUT2D eigenvalue weighted by molar-refractivity contribution is -0.0501.